The van der Waals surface area contributed by atoms with Crippen molar-refractivity contribution >= 4 is 10.9 Å². The lowest BCUT2D eigenvalue weighted by atomic mass is 10.2. The molecule has 2 aromatic heterocycles. The van der Waals surface area contributed by atoms with E-state index in [2.05, 4.69) is 21.2 Å². The monoisotopic (exact) mass is 254 g/mol. The van der Waals surface area contributed by atoms with Crippen LogP contribution in [-0.2, 0) is 6.54 Å². The van der Waals surface area contributed by atoms with Gasteiger partial charge in [-0.25, -0.2) is 4.98 Å². The second-order valence-electron chi connectivity index (χ2n) is 4.33. The lowest BCUT2D eigenvalue weighted by Crippen LogP contribution is -2.07. The molecule has 0 atom stereocenters. The Balaban J connectivity index is 1.78. The largest absolute Gasteiger partial charge is 0.489 e. The number of fused-ring (bicyclic) bond motifs is 1. The summed E-state index contributed by atoms with van der Waals surface area (Å²) in [4.78, 5) is 4.53. The van der Waals surface area contributed by atoms with Crippen LogP contribution < -0.4 is 4.74 Å². The van der Waals surface area contributed by atoms with Crippen molar-refractivity contribution < 1.29 is 4.74 Å². The molecule has 0 saturated carbocycles. The second-order valence-corrected chi connectivity index (χ2v) is 4.33. The van der Waals surface area contributed by atoms with Crippen LogP contribution in [0.5, 0.6) is 5.75 Å². The molecule has 0 aliphatic heterocycles. The van der Waals surface area contributed by atoms with E-state index in [1.807, 2.05) is 35.8 Å². The Morgan fingerprint density at radius 1 is 1.11 bits per heavy atom. The normalized spacial score (nSPS) is 10.8. The van der Waals surface area contributed by atoms with Crippen LogP contribution in [0.2, 0.25) is 0 Å². The van der Waals surface area contributed by atoms with Crippen molar-refractivity contribution in [3.05, 3.63) is 48.7 Å². The maximum absolute atomic E-state index is 5.81. The van der Waals surface area contributed by atoms with E-state index in [1.54, 1.807) is 12.7 Å². The molecule has 0 radical (unpaired) electrons. The van der Waals surface area contributed by atoms with Gasteiger partial charge in [-0.1, -0.05) is 18.2 Å². The van der Waals surface area contributed by atoms with Crippen LogP contribution in [0.1, 0.15) is 5.69 Å². The van der Waals surface area contributed by atoms with Crippen molar-refractivity contribution in [2.75, 3.05) is 6.61 Å². The molecule has 5 nitrogen and oxygen atoms in total. The van der Waals surface area contributed by atoms with Crippen molar-refractivity contribution in [1.29, 1.82) is 0 Å². The number of pyridine rings is 1. The van der Waals surface area contributed by atoms with E-state index >= 15 is 0 Å². The Morgan fingerprint density at radius 3 is 2.79 bits per heavy atom. The molecule has 0 saturated heterocycles. The molecule has 3 aromatic rings. The highest BCUT2D eigenvalue weighted by Crippen LogP contribution is 2.23. The fraction of sp³-hybridized carbons (Fsp3) is 0.214. The van der Waals surface area contributed by atoms with Crippen LogP contribution in [0.15, 0.2) is 43.0 Å². The van der Waals surface area contributed by atoms with Crippen LogP contribution in [-0.4, -0.2) is 26.4 Å². The van der Waals surface area contributed by atoms with Gasteiger partial charge >= 0.3 is 0 Å². The molecule has 0 aliphatic carbocycles. The summed E-state index contributed by atoms with van der Waals surface area (Å²) < 4.78 is 7.69. The number of hydrogen-bond donors (Lipinski definition) is 0. The average molecular weight is 254 g/mol. The third-order valence-electron chi connectivity index (χ3n) is 2.90. The summed E-state index contributed by atoms with van der Waals surface area (Å²) in [5.41, 5.74) is 1.90. The quantitative estimate of drug-likeness (QED) is 0.716. The zero-order valence-corrected chi connectivity index (χ0v) is 10.7. The fourth-order valence-corrected chi connectivity index (χ4v) is 1.93. The van der Waals surface area contributed by atoms with Gasteiger partial charge in [0.1, 0.15) is 30.5 Å². The van der Waals surface area contributed by atoms with E-state index in [0.29, 0.717) is 6.61 Å². The molecule has 0 N–H and O–H groups in total. The van der Waals surface area contributed by atoms with Gasteiger partial charge in [-0.3, -0.25) is 0 Å². The number of hydrogen-bond acceptors (Lipinski definition) is 4. The summed E-state index contributed by atoms with van der Waals surface area (Å²) in [5, 5.41) is 8.60. The Labute approximate surface area is 110 Å². The van der Waals surface area contributed by atoms with Gasteiger partial charge in [0.2, 0.25) is 0 Å². The van der Waals surface area contributed by atoms with Gasteiger partial charge in [0.05, 0.1) is 6.54 Å². The maximum atomic E-state index is 5.81. The number of rotatable bonds is 4. The second kappa shape index (κ2) is 5.06. The maximum Gasteiger partial charge on any atom is 0.145 e. The molecule has 3 rings (SSSR count). The molecule has 19 heavy (non-hydrogen) atoms. The summed E-state index contributed by atoms with van der Waals surface area (Å²) in [6.07, 6.45) is 3.35. The summed E-state index contributed by atoms with van der Waals surface area (Å²) in [5.74, 6) is 0.814. The van der Waals surface area contributed by atoms with E-state index in [9.17, 15) is 0 Å². The summed E-state index contributed by atoms with van der Waals surface area (Å²) in [6, 6.07) is 10.0. The Bertz CT molecular complexity index is 679. The number of ether oxygens (including phenoxy) is 1. The average Bonchev–Trinajstić information content (AvgIpc) is 2.92. The first-order valence-electron chi connectivity index (χ1n) is 6.14. The van der Waals surface area contributed by atoms with Crippen LogP contribution in [0, 0.1) is 6.92 Å². The molecule has 96 valence electrons. The van der Waals surface area contributed by atoms with Crippen LogP contribution >= 0.6 is 0 Å². The van der Waals surface area contributed by atoms with Gasteiger partial charge in [0.25, 0.3) is 0 Å². The SMILES string of the molecule is Cc1ccc2cccc(OCCn3cnnc3)c2n1. The van der Waals surface area contributed by atoms with Gasteiger partial charge < -0.3 is 9.30 Å². The first kappa shape index (κ1) is 11.6. The van der Waals surface area contributed by atoms with E-state index < -0.39 is 0 Å². The zero-order valence-electron chi connectivity index (χ0n) is 10.7. The molecule has 1 aromatic carbocycles. The summed E-state index contributed by atoms with van der Waals surface area (Å²) in [6.45, 7) is 3.26. The van der Waals surface area contributed by atoms with Gasteiger partial charge in [-0.15, -0.1) is 10.2 Å². The van der Waals surface area contributed by atoms with E-state index in [4.69, 9.17) is 4.74 Å². The highest BCUT2D eigenvalue weighted by Gasteiger charge is 2.03. The topological polar surface area (TPSA) is 52.8 Å². The molecular weight excluding hydrogens is 240 g/mol. The van der Waals surface area contributed by atoms with E-state index in [0.717, 1.165) is 28.9 Å². The molecule has 0 fully saturated rings. The predicted octanol–water partition coefficient (Wildman–Crippen LogP) is 2.21. The van der Waals surface area contributed by atoms with Crippen molar-refractivity contribution in [3.63, 3.8) is 0 Å². The number of benzene rings is 1. The van der Waals surface area contributed by atoms with E-state index in [-0.39, 0.29) is 0 Å². The van der Waals surface area contributed by atoms with Crippen molar-refractivity contribution in [2.45, 2.75) is 13.5 Å². The van der Waals surface area contributed by atoms with Crippen LogP contribution in [0.25, 0.3) is 10.9 Å². The Morgan fingerprint density at radius 2 is 1.95 bits per heavy atom. The highest BCUT2D eigenvalue weighted by atomic mass is 16.5. The van der Waals surface area contributed by atoms with Crippen LogP contribution in [0.3, 0.4) is 0 Å². The minimum absolute atomic E-state index is 0.562. The van der Waals surface area contributed by atoms with Crippen molar-refractivity contribution in [2.24, 2.45) is 0 Å². The lowest BCUT2D eigenvalue weighted by Gasteiger charge is -2.09. The van der Waals surface area contributed by atoms with Gasteiger partial charge in [0.15, 0.2) is 0 Å². The molecule has 0 bridgehead atoms. The minimum atomic E-state index is 0.562. The first-order valence-corrected chi connectivity index (χ1v) is 6.14. The van der Waals surface area contributed by atoms with E-state index in [1.165, 1.54) is 0 Å². The molecule has 5 heteroatoms. The zero-order chi connectivity index (χ0) is 13.1. The molecular formula is C14H14N4O. The van der Waals surface area contributed by atoms with Crippen molar-refractivity contribution in [1.82, 2.24) is 19.7 Å². The first-order chi connectivity index (χ1) is 9.33. The Hall–Kier alpha value is -2.43. The van der Waals surface area contributed by atoms with Gasteiger partial charge in [-0.05, 0) is 19.1 Å². The number of nitrogens with zero attached hydrogens (tertiary/aromatic N) is 4. The van der Waals surface area contributed by atoms with Crippen molar-refractivity contribution in [3.8, 4) is 5.75 Å². The van der Waals surface area contributed by atoms with Gasteiger partial charge in [0, 0.05) is 11.1 Å². The van der Waals surface area contributed by atoms with Gasteiger partial charge in [-0.2, -0.15) is 0 Å². The third kappa shape index (κ3) is 2.54. The molecule has 0 amide bonds. The molecule has 0 spiro atoms. The predicted molar refractivity (Wildman–Crippen MR) is 72.0 cm³/mol. The van der Waals surface area contributed by atoms with Crippen LogP contribution in [0.4, 0.5) is 0 Å². The Kier molecular flexibility index (Phi) is 3.10. The number of para-hydroxylation sites is 1. The molecule has 2 heterocycles. The summed E-state index contributed by atoms with van der Waals surface area (Å²) >= 11 is 0. The fourth-order valence-electron chi connectivity index (χ4n) is 1.93. The third-order valence-corrected chi connectivity index (χ3v) is 2.90. The molecule has 0 aliphatic rings. The number of aryl methyl sites for hydroxylation is 1. The summed E-state index contributed by atoms with van der Waals surface area (Å²) in [7, 11) is 0. The number of aromatic nitrogens is 4. The molecule has 0 unspecified atom stereocenters. The minimum Gasteiger partial charge on any atom is -0.489 e. The standard InChI is InChI=1S/C14H14N4O/c1-11-5-6-12-3-2-4-13(14(12)17-11)19-8-7-18-9-15-16-10-18/h2-6,9-10H,7-8H2,1H3. The highest BCUT2D eigenvalue weighted by molar-refractivity contribution is 5.84. The lowest BCUT2D eigenvalue weighted by molar-refractivity contribution is 0.301. The smallest absolute Gasteiger partial charge is 0.145 e.